The molecule has 0 amide bonds. The zero-order valence-electron chi connectivity index (χ0n) is 30.9. The molecule has 0 atom stereocenters. The van der Waals surface area contributed by atoms with Gasteiger partial charge >= 0.3 is 11.4 Å². The minimum Gasteiger partial charge on any atom is -0.290 e. The molecular formula is C46H31Cl2N5O4S. The summed E-state index contributed by atoms with van der Waals surface area (Å²) in [4.78, 5) is 56.1. The first kappa shape index (κ1) is 38.2. The summed E-state index contributed by atoms with van der Waals surface area (Å²) in [6.45, 7) is 0. The second kappa shape index (κ2) is 16.4. The van der Waals surface area contributed by atoms with Crippen LogP contribution in [0.2, 0.25) is 10.0 Å². The molecule has 284 valence electrons. The van der Waals surface area contributed by atoms with Crippen molar-refractivity contribution in [1.29, 1.82) is 0 Å². The number of rotatable bonds is 3. The van der Waals surface area contributed by atoms with E-state index in [9.17, 15) is 19.2 Å². The monoisotopic (exact) mass is 819 g/mol. The van der Waals surface area contributed by atoms with Crippen LogP contribution in [-0.2, 0) is 7.05 Å². The zero-order valence-corrected chi connectivity index (χ0v) is 33.2. The lowest BCUT2D eigenvalue weighted by Gasteiger charge is -2.29. The fourth-order valence-electron chi connectivity index (χ4n) is 6.62. The zero-order chi connectivity index (χ0) is 40.3. The molecule has 58 heavy (non-hydrogen) atoms. The maximum absolute atomic E-state index is 13.4. The topological polar surface area (TPSA) is 101 Å². The highest BCUT2D eigenvalue weighted by atomic mass is 35.5. The third kappa shape index (κ3) is 7.45. The Kier molecular flexibility index (Phi) is 10.8. The van der Waals surface area contributed by atoms with Crippen LogP contribution in [0.25, 0.3) is 32.6 Å². The van der Waals surface area contributed by atoms with Crippen LogP contribution in [-0.4, -0.2) is 23.3 Å². The highest BCUT2D eigenvalue weighted by Crippen LogP contribution is 2.32. The number of thiazole rings is 1. The van der Waals surface area contributed by atoms with Gasteiger partial charge in [-0.15, -0.1) is 11.3 Å². The van der Waals surface area contributed by atoms with E-state index in [0.717, 1.165) is 35.0 Å². The SMILES string of the molecule is Cn1c(=O)n(-c2ccc(C#Cc3ccccc3)cc2Cl)c(=O)c2scnc21.O=c1c2ccccc2n(C2CCC2)c(=O)n1-c1ccc(C#Cc2ccccc2)cc1Cl. The molecule has 0 radical (unpaired) electrons. The summed E-state index contributed by atoms with van der Waals surface area (Å²) in [6.07, 6.45) is 2.95. The molecule has 9 nitrogen and oxygen atoms in total. The summed E-state index contributed by atoms with van der Waals surface area (Å²) in [5.41, 5.74) is 4.84. The summed E-state index contributed by atoms with van der Waals surface area (Å²) < 4.78 is 5.75. The Labute approximate surface area is 345 Å². The van der Waals surface area contributed by atoms with Crippen molar-refractivity contribution >= 4 is 55.8 Å². The second-order valence-electron chi connectivity index (χ2n) is 13.4. The van der Waals surface area contributed by atoms with Crippen molar-refractivity contribution in [1.82, 2.24) is 23.3 Å². The summed E-state index contributed by atoms with van der Waals surface area (Å²) >= 11 is 14.1. The number of aryl methyl sites for hydroxylation is 1. The number of fused-ring (bicyclic) bond motifs is 2. The van der Waals surface area contributed by atoms with Crippen molar-refractivity contribution in [2.75, 3.05) is 0 Å². The first-order chi connectivity index (χ1) is 28.2. The van der Waals surface area contributed by atoms with E-state index in [4.69, 9.17) is 23.2 Å². The van der Waals surface area contributed by atoms with Crippen LogP contribution in [0.4, 0.5) is 0 Å². The maximum atomic E-state index is 13.4. The van der Waals surface area contributed by atoms with E-state index >= 15 is 0 Å². The Morgan fingerprint density at radius 3 is 1.67 bits per heavy atom. The summed E-state index contributed by atoms with van der Waals surface area (Å²) in [7, 11) is 1.58. The highest BCUT2D eigenvalue weighted by Gasteiger charge is 2.26. The summed E-state index contributed by atoms with van der Waals surface area (Å²) in [5, 5.41) is 1.10. The van der Waals surface area contributed by atoms with Gasteiger partial charge in [0.2, 0.25) is 0 Å². The Hall–Kier alpha value is -6.69. The summed E-state index contributed by atoms with van der Waals surface area (Å²) in [6, 6.07) is 36.8. The molecule has 1 saturated carbocycles. The number of para-hydroxylation sites is 1. The van der Waals surface area contributed by atoms with E-state index < -0.39 is 11.2 Å². The van der Waals surface area contributed by atoms with Gasteiger partial charge in [0.1, 0.15) is 4.70 Å². The smallest absolute Gasteiger partial charge is 0.290 e. The highest BCUT2D eigenvalue weighted by molar-refractivity contribution is 7.16. The van der Waals surface area contributed by atoms with Gasteiger partial charge in [-0.25, -0.2) is 23.7 Å². The molecule has 1 fully saturated rings. The fraction of sp³-hybridized carbons (Fsp3) is 0.109. The molecule has 9 rings (SSSR count). The van der Waals surface area contributed by atoms with Gasteiger partial charge in [-0.3, -0.25) is 18.7 Å². The molecule has 0 spiro atoms. The average molecular weight is 821 g/mol. The van der Waals surface area contributed by atoms with Crippen molar-refractivity contribution in [3.63, 3.8) is 0 Å². The van der Waals surface area contributed by atoms with Crippen molar-refractivity contribution in [3.05, 3.63) is 201 Å². The van der Waals surface area contributed by atoms with Gasteiger partial charge in [0.25, 0.3) is 11.1 Å². The molecule has 8 aromatic rings. The maximum Gasteiger partial charge on any atom is 0.337 e. The molecule has 1 aliphatic rings. The lowest BCUT2D eigenvalue weighted by molar-refractivity contribution is 0.309. The van der Waals surface area contributed by atoms with E-state index in [0.29, 0.717) is 48.8 Å². The molecule has 3 heterocycles. The number of nitrogens with zero attached hydrogens (tertiary/aromatic N) is 5. The van der Waals surface area contributed by atoms with Gasteiger partial charge in [-0.05, 0) is 92.1 Å². The molecule has 1 aliphatic carbocycles. The minimum atomic E-state index is -0.497. The number of hydrogen-bond acceptors (Lipinski definition) is 6. The molecule has 0 unspecified atom stereocenters. The number of halogens is 2. The van der Waals surface area contributed by atoms with Crippen molar-refractivity contribution < 1.29 is 0 Å². The van der Waals surface area contributed by atoms with Crippen LogP contribution in [0.3, 0.4) is 0 Å². The molecule has 12 heteroatoms. The van der Waals surface area contributed by atoms with Crippen LogP contribution in [0.1, 0.15) is 47.6 Å². The Bertz CT molecular complexity index is 3250. The number of hydrogen-bond donors (Lipinski definition) is 0. The number of benzene rings is 5. The third-order valence-corrected chi connectivity index (χ3v) is 11.2. The Balaban J connectivity index is 0.000000164. The molecule has 3 aromatic heterocycles. The predicted molar refractivity (Wildman–Crippen MR) is 232 cm³/mol. The summed E-state index contributed by atoms with van der Waals surface area (Å²) in [5.74, 6) is 12.3. The third-order valence-electron chi connectivity index (χ3n) is 9.80. The first-order valence-electron chi connectivity index (χ1n) is 18.2. The normalized spacial score (nSPS) is 12.1. The van der Waals surface area contributed by atoms with Gasteiger partial charge in [0.05, 0.1) is 37.8 Å². The van der Waals surface area contributed by atoms with Gasteiger partial charge < -0.3 is 0 Å². The van der Waals surface area contributed by atoms with Crippen molar-refractivity contribution in [3.8, 4) is 35.1 Å². The van der Waals surface area contributed by atoms with Crippen LogP contribution >= 0.6 is 34.5 Å². The van der Waals surface area contributed by atoms with Gasteiger partial charge in [-0.2, -0.15) is 0 Å². The quantitative estimate of drug-likeness (QED) is 0.168. The van der Waals surface area contributed by atoms with Crippen LogP contribution in [0.15, 0.2) is 146 Å². The molecular weight excluding hydrogens is 790 g/mol. The average Bonchev–Trinajstić information content (AvgIpc) is 3.73. The van der Waals surface area contributed by atoms with Crippen molar-refractivity contribution in [2.45, 2.75) is 25.3 Å². The van der Waals surface area contributed by atoms with E-state index in [-0.39, 0.29) is 22.3 Å². The Morgan fingerprint density at radius 2 is 1.14 bits per heavy atom. The molecule has 0 aliphatic heterocycles. The molecule has 0 saturated heterocycles. The predicted octanol–water partition coefficient (Wildman–Crippen LogP) is 8.13. The van der Waals surface area contributed by atoms with Crippen LogP contribution < -0.4 is 22.5 Å². The standard InChI is InChI=1S/C26H19ClN2O2.C20H12ClN3O2S/c27-22-17-19(14-13-18-7-2-1-3-8-18)15-16-24(22)29-25(30)21-11-4-5-12-23(21)28(26(29)31)20-9-6-10-20;1-23-18-17(27-12-22-18)19(25)24(20(23)26)16-10-9-14(11-15(16)21)8-7-13-5-3-2-4-6-13/h1-5,7-8,11-12,15-17,20H,6,9-10H2;2-6,9-12H,1H3. The lowest BCUT2D eigenvalue weighted by atomic mass is 9.92. The van der Waals surface area contributed by atoms with Gasteiger partial charge in [0, 0.05) is 35.3 Å². The molecule has 5 aromatic carbocycles. The fourth-order valence-corrected chi connectivity index (χ4v) is 7.90. The molecule has 0 N–H and O–H groups in total. The van der Waals surface area contributed by atoms with Crippen LogP contribution in [0, 0.1) is 23.7 Å². The first-order valence-corrected chi connectivity index (χ1v) is 19.9. The van der Waals surface area contributed by atoms with E-state index in [2.05, 4.69) is 28.7 Å². The second-order valence-corrected chi connectivity index (χ2v) is 15.1. The van der Waals surface area contributed by atoms with Gasteiger partial charge in [0.15, 0.2) is 5.65 Å². The van der Waals surface area contributed by atoms with E-state index in [1.54, 1.807) is 59.6 Å². The number of aromatic nitrogens is 5. The van der Waals surface area contributed by atoms with E-state index in [1.807, 2.05) is 78.9 Å². The largest absolute Gasteiger partial charge is 0.337 e. The van der Waals surface area contributed by atoms with E-state index in [1.165, 1.54) is 20.5 Å². The lowest BCUT2D eigenvalue weighted by Crippen LogP contribution is -2.42. The van der Waals surface area contributed by atoms with Crippen molar-refractivity contribution in [2.24, 2.45) is 7.05 Å². The Morgan fingerprint density at radius 1 is 0.621 bits per heavy atom. The van der Waals surface area contributed by atoms with Gasteiger partial charge in [-0.1, -0.05) is 95.4 Å². The molecule has 0 bridgehead atoms. The minimum absolute atomic E-state index is 0.110. The van der Waals surface area contributed by atoms with Crippen LogP contribution in [0.5, 0.6) is 0 Å².